The third-order valence-corrected chi connectivity index (χ3v) is 4.77. The van der Waals surface area contributed by atoms with Crippen LogP contribution in [-0.2, 0) is 0 Å². The molecule has 0 aliphatic carbocycles. The Morgan fingerprint density at radius 1 is 1.05 bits per heavy atom. The lowest BCUT2D eigenvalue weighted by Crippen LogP contribution is -2.25. The van der Waals surface area contributed by atoms with Gasteiger partial charge in [-0.15, -0.1) is 0 Å². The molecule has 1 heteroatoms. The van der Waals surface area contributed by atoms with Crippen molar-refractivity contribution in [2.24, 2.45) is 5.92 Å². The molecule has 1 rings (SSSR count). The minimum absolute atomic E-state index is 0.520. The van der Waals surface area contributed by atoms with Gasteiger partial charge in [0.2, 0.25) is 0 Å². The minimum Gasteiger partial charge on any atom is -0.310 e. The van der Waals surface area contributed by atoms with Gasteiger partial charge < -0.3 is 5.32 Å². The number of benzene rings is 1. The van der Waals surface area contributed by atoms with E-state index in [0.717, 1.165) is 12.5 Å². The molecule has 0 amide bonds. The van der Waals surface area contributed by atoms with Crippen molar-refractivity contribution in [2.45, 2.75) is 79.2 Å². The average Bonchev–Trinajstić information content (AvgIpc) is 2.50. The standard InChI is InChI=1S/C20H35N/c1-6-9-12-18(8-3)15-20(21-14-7-2)19-13-10-11-16(4)17(19)5/h10-11,13,18,20-21H,6-9,12,14-15H2,1-5H3. The zero-order valence-corrected chi connectivity index (χ0v) is 14.8. The highest BCUT2D eigenvalue weighted by molar-refractivity contribution is 5.35. The fourth-order valence-corrected chi connectivity index (χ4v) is 3.10. The van der Waals surface area contributed by atoms with Gasteiger partial charge in [0.1, 0.15) is 0 Å². The third-order valence-electron chi connectivity index (χ3n) is 4.77. The summed E-state index contributed by atoms with van der Waals surface area (Å²) in [6.07, 6.45) is 7.84. The Morgan fingerprint density at radius 2 is 1.81 bits per heavy atom. The molecular formula is C20H35N. The second kappa shape index (κ2) is 10.00. The normalized spacial score (nSPS) is 14.1. The van der Waals surface area contributed by atoms with E-state index in [1.165, 1.54) is 55.2 Å². The van der Waals surface area contributed by atoms with Crippen LogP contribution in [0.1, 0.15) is 82.0 Å². The molecule has 0 aliphatic rings. The number of unbranched alkanes of at least 4 members (excludes halogenated alkanes) is 1. The maximum absolute atomic E-state index is 3.79. The van der Waals surface area contributed by atoms with Crippen LogP contribution in [-0.4, -0.2) is 6.54 Å². The van der Waals surface area contributed by atoms with Gasteiger partial charge in [-0.05, 0) is 55.8 Å². The quantitative estimate of drug-likeness (QED) is 0.561. The van der Waals surface area contributed by atoms with Gasteiger partial charge in [0.05, 0.1) is 0 Å². The highest BCUT2D eigenvalue weighted by atomic mass is 14.9. The molecule has 2 atom stereocenters. The van der Waals surface area contributed by atoms with Gasteiger partial charge in [0.15, 0.2) is 0 Å². The maximum Gasteiger partial charge on any atom is 0.0325 e. The van der Waals surface area contributed by atoms with E-state index >= 15 is 0 Å². The van der Waals surface area contributed by atoms with Gasteiger partial charge in [0.25, 0.3) is 0 Å². The van der Waals surface area contributed by atoms with Crippen molar-refractivity contribution in [3.63, 3.8) is 0 Å². The summed E-state index contributed by atoms with van der Waals surface area (Å²) < 4.78 is 0. The molecule has 1 N–H and O–H groups in total. The summed E-state index contributed by atoms with van der Waals surface area (Å²) in [6.45, 7) is 12.5. The minimum atomic E-state index is 0.520. The third kappa shape index (κ3) is 5.82. The van der Waals surface area contributed by atoms with Crippen molar-refractivity contribution in [1.82, 2.24) is 5.32 Å². The van der Waals surface area contributed by atoms with Crippen LogP contribution in [0.2, 0.25) is 0 Å². The van der Waals surface area contributed by atoms with Crippen LogP contribution in [0.5, 0.6) is 0 Å². The van der Waals surface area contributed by atoms with Gasteiger partial charge in [-0.3, -0.25) is 0 Å². The zero-order valence-electron chi connectivity index (χ0n) is 14.8. The number of nitrogens with one attached hydrogen (secondary N) is 1. The van der Waals surface area contributed by atoms with Crippen LogP contribution >= 0.6 is 0 Å². The number of hydrogen-bond donors (Lipinski definition) is 1. The van der Waals surface area contributed by atoms with Crippen LogP contribution in [0.4, 0.5) is 0 Å². The Labute approximate surface area is 132 Å². The fraction of sp³-hybridized carbons (Fsp3) is 0.700. The maximum atomic E-state index is 3.79. The molecule has 21 heavy (non-hydrogen) atoms. The predicted octanol–water partition coefficient (Wildman–Crippen LogP) is 5.95. The SMILES string of the molecule is CCCCC(CC)CC(NCCC)c1cccc(C)c1C. The molecule has 0 bridgehead atoms. The topological polar surface area (TPSA) is 12.0 Å². The van der Waals surface area contributed by atoms with Crippen molar-refractivity contribution in [1.29, 1.82) is 0 Å². The van der Waals surface area contributed by atoms with Gasteiger partial charge in [-0.1, -0.05) is 64.7 Å². The second-order valence-corrected chi connectivity index (χ2v) is 6.45. The molecule has 1 nitrogen and oxygen atoms in total. The molecule has 0 aliphatic heterocycles. The summed E-state index contributed by atoms with van der Waals surface area (Å²) in [4.78, 5) is 0. The number of aryl methyl sites for hydroxylation is 1. The van der Waals surface area contributed by atoms with Crippen LogP contribution in [0, 0.1) is 19.8 Å². The van der Waals surface area contributed by atoms with Crippen molar-refractivity contribution >= 4 is 0 Å². The Kier molecular flexibility index (Phi) is 8.68. The molecule has 1 aromatic rings. The molecule has 0 radical (unpaired) electrons. The van der Waals surface area contributed by atoms with Crippen LogP contribution < -0.4 is 5.32 Å². The molecule has 2 unspecified atom stereocenters. The first kappa shape index (κ1) is 18.2. The van der Waals surface area contributed by atoms with E-state index in [9.17, 15) is 0 Å². The summed E-state index contributed by atoms with van der Waals surface area (Å²) in [6, 6.07) is 7.28. The highest BCUT2D eigenvalue weighted by Crippen LogP contribution is 2.29. The monoisotopic (exact) mass is 289 g/mol. The lowest BCUT2D eigenvalue weighted by molar-refractivity contribution is 0.353. The lowest BCUT2D eigenvalue weighted by Gasteiger charge is -2.26. The van der Waals surface area contributed by atoms with Gasteiger partial charge in [0, 0.05) is 6.04 Å². The first-order chi connectivity index (χ1) is 10.1. The van der Waals surface area contributed by atoms with E-state index in [1.807, 2.05) is 0 Å². The summed E-state index contributed by atoms with van der Waals surface area (Å²) in [5.41, 5.74) is 4.40. The van der Waals surface area contributed by atoms with E-state index in [2.05, 4.69) is 58.1 Å². The Morgan fingerprint density at radius 3 is 2.43 bits per heavy atom. The smallest absolute Gasteiger partial charge is 0.0325 e. The predicted molar refractivity (Wildman–Crippen MR) is 94.9 cm³/mol. The second-order valence-electron chi connectivity index (χ2n) is 6.45. The fourth-order valence-electron chi connectivity index (χ4n) is 3.10. The van der Waals surface area contributed by atoms with Crippen molar-refractivity contribution in [2.75, 3.05) is 6.54 Å². The molecule has 1 aromatic carbocycles. The van der Waals surface area contributed by atoms with Gasteiger partial charge in [-0.25, -0.2) is 0 Å². The lowest BCUT2D eigenvalue weighted by atomic mass is 9.87. The molecule has 120 valence electrons. The first-order valence-corrected chi connectivity index (χ1v) is 8.93. The van der Waals surface area contributed by atoms with Crippen LogP contribution in [0.15, 0.2) is 18.2 Å². The van der Waals surface area contributed by atoms with Gasteiger partial charge >= 0.3 is 0 Å². The Balaban J connectivity index is 2.85. The van der Waals surface area contributed by atoms with Crippen LogP contribution in [0.25, 0.3) is 0 Å². The molecule has 0 aromatic heterocycles. The first-order valence-electron chi connectivity index (χ1n) is 8.93. The molecule has 0 saturated heterocycles. The molecule has 0 fully saturated rings. The van der Waals surface area contributed by atoms with Crippen molar-refractivity contribution < 1.29 is 0 Å². The largest absolute Gasteiger partial charge is 0.310 e. The molecular weight excluding hydrogens is 254 g/mol. The highest BCUT2D eigenvalue weighted by Gasteiger charge is 2.18. The Hall–Kier alpha value is -0.820. The Bertz CT molecular complexity index is 397. The molecule has 0 spiro atoms. The summed E-state index contributed by atoms with van der Waals surface area (Å²) in [7, 11) is 0. The number of hydrogen-bond acceptors (Lipinski definition) is 1. The van der Waals surface area contributed by atoms with E-state index in [-0.39, 0.29) is 0 Å². The van der Waals surface area contributed by atoms with E-state index in [1.54, 1.807) is 0 Å². The van der Waals surface area contributed by atoms with Crippen molar-refractivity contribution in [3.05, 3.63) is 34.9 Å². The van der Waals surface area contributed by atoms with Gasteiger partial charge in [-0.2, -0.15) is 0 Å². The van der Waals surface area contributed by atoms with E-state index < -0.39 is 0 Å². The van der Waals surface area contributed by atoms with Crippen molar-refractivity contribution in [3.8, 4) is 0 Å². The van der Waals surface area contributed by atoms with E-state index in [0.29, 0.717) is 6.04 Å². The van der Waals surface area contributed by atoms with E-state index in [4.69, 9.17) is 0 Å². The van der Waals surface area contributed by atoms with Crippen LogP contribution in [0.3, 0.4) is 0 Å². The summed E-state index contributed by atoms with van der Waals surface area (Å²) in [5.74, 6) is 0.846. The molecule has 0 heterocycles. The average molecular weight is 290 g/mol. The molecule has 0 saturated carbocycles. The summed E-state index contributed by atoms with van der Waals surface area (Å²) >= 11 is 0. The summed E-state index contributed by atoms with van der Waals surface area (Å²) in [5, 5.41) is 3.79. The number of rotatable bonds is 10. The zero-order chi connectivity index (χ0) is 15.7.